The minimum absolute atomic E-state index is 0.269. The van der Waals surface area contributed by atoms with Gasteiger partial charge in [-0.2, -0.15) is 4.80 Å². The van der Waals surface area contributed by atoms with Crippen LogP contribution in [0.1, 0.15) is 24.4 Å². The number of likely N-dealkylation sites (N-methyl/N-ethyl adjacent to an activating group) is 1. The van der Waals surface area contributed by atoms with Gasteiger partial charge in [0.05, 0.1) is 13.1 Å². The van der Waals surface area contributed by atoms with Crippen LogP contribution in [0, 0.1) is 0 Å². The van der Waals surface area contributed by atoms with Crippen molar-refractivity contribution in [3.05, 3.63) is 29.6 Å². The Morgan fingerprint density at radius 3 is 3.15 bits per heavy atom. The molecule has 7 heteroatoms. The van der Waals surface area contributed by atoms with E-state index in [4.69, 9.17) is 9.47 Å². The molecule has 3 rings (SSSR count). The summed E-state index contributed by atoms with van der Waals surface area (Å²) in [5.41, 5.74) is 1.18. The van der Waals surface area contributed by atoms with Crippen LogP contribution in [0.2, 0.25) is 0 Å². The van der Waals surface area contributed by atoms with Gasteiger partial charge >= 0.3 is 0 Å². The number of ether oxygens (including phenoxy) is 2. The molecule has 1 aromatic carbocycles. The lowest BCUT2D eigenvalue weighted by molar-refractivity contribution is 0.289. The summed E-state index contributed by atoms with van der Waals surface area (Å²) < 4.78 is 11.3. The molecular weight excluding hydrogens is 258 g/mol. The predicted octanol–water partition coefficient (Wildman–Crippen LogP) is 0.832. The minimum Gasteiger partial charge on any atom is -0.491 e. The molecule has 1 aromatic heterocycles. The molecule has 0 fully saturated rings. The van der Waals surface area contributed by atoms with Crippen LogP contribution in [-0.2, 0) is 13.7 Å². The molecule has 1 aliphatic heterocycles. The number of aryl methyl sites for hydroxylation is 1. The summed E-state index contributed by atoms with van der Waals surface area (Å²) in [6.45, 7) is 3.97. The quantitative estimate of drug-likeness (QED) is 0.871. The van der Waals surface area contributed by atoms with Crippen LogP contribution in [-0.4, -0.2) is 33.4 Å². The van der Waals surface area contributed by atoms with Gasteiger partial charge in [0, 0.05) is 11.6 Å². The van der Waals surface area contributed by atoms with Crippen molar-refractivity contribution in [3.63, 3.8) is 0 Å². The second-order valence-electron chi connectivity index (χ2n) is 4.60. The van der Waals surface area contributed by atoms with Crippen LogP contribution in [0.4, 0.5) is 0 Å². The van der Waals surface area contributed by atoms with Crippen LogP contribution in [0.25, 0.3) is 0 Å². The van der Waals surface area contributed by atoms with Gasteiger partial charge in [0.15, 0.2) is 6.61 Å². The molecule has 2 aromatic rings. The molecule has 1 atom stereocenters. The first-order valence-corrected chi connectivity index (χ1v) is 6.62. The summed E-state index contributed by atoms with van der Waals surface area (Å²) in [7, 11) is 1.72. The highest BCUT2D eigenvalue weighted by atomic mass is 16.5. The standard InChI is InChI=1S/C13H17N5O2/c1-3-14-11-7-20-12-6-9(4-5-10(11)12)19-8-13-15-17-18(2)16-13/h4-6,11,14H,3,7-8H2,1-2H3. The number of fused-ring (bicyclic) bond motifs is 1. The van der Waals surface area contributed by atoms with E-state index in [0.717, 1.165) is 18.0 Å². The highest BCUT2D eigenvalue weighted by Gasteiger charge is 2.23. The number of rotatable bonds is 5. The van der Waals surface area contributed by atoms with Gasteiger partial charge in [-0.05, 0) is 23.9 Å². The van der Waals surface area contributed by atoms with Crippen LogP contribution in [0.5, 0.6) is 11.5 Å². The van der Waals surface area contributed by atoms with Gasteiger partial charge in [0.1, 0.15) is 18.1 Å². The summed E-state index contributed by atoms with van der Waals surface area (Å²) in [5.74, 6) is 2.17. The predicted molar refractivity (Wildman–Crippen MR) is 71.5 cm³/mol. The van der Waals surface area contributed by atoms with Crippen molar-refractivity contribution >= 4 is 0 Å². The van der Waals surface area contributed by atoms with E-state index in [1.54, 1.807) is 7.05 Å². The smallest absolute Gasteiger partial charge is 0.212 e. The number of nitrogens with one attached hydrogen (secondary N) is 1. The van der Waals surface area contributed by atoms with E-state index in [0.29, 0.717) is 19.0 Å². The van der Waals surface area contributed by atoms with Gasteiger partial charge in [0.2, 0.25) is 5.82 Å². The molecule has 0 saturated carbocycles. The Bertz CT molecular complexity index is 598. The zero-order valence-electron chi connectivity index (χ0n) is 11.5. The van der Waals surface area contributed by atoms with Gasteiger partial charge in [-0.3, -0.25) is 0 Å². The van der Waals surface area contributed by atoms with Crippen LogP contribution in [0.15, 0.2) is 18.2 Å². The summed E-state index contributed by atoms with van der Waals surface area (Å²) in [4.78, 5) is 1.41. The molecule has 0 spiro atoms. The van der Waals surface area contributed by atoms with E-state index < -0.39 is 0 Å². The lowest BCUT2D eigenvalue weighted by Crippen LogP contribution is -2.21. The SMILES string of the molecule is CCNC1COc2cc(OCc3nnn(C)n3)ccc21. The third-order valence-corrected chi connectivity index (χ3v) is 3.13. The Kier molecular flexibility index (Phi) is 3.51. The Morgan fingerprint density at radius 1 is 1.50 bits per heavy atom. The van der Waals surface area contributed by atoms with Gasteiger partial charge in [-0.15, -0.1) is 10.2 Å². The average Bonchev–Trinajstić information content (AvgIpc) is 3.04. The highest BCUT2D eigenvalue weighted by molar-refractivity contribution is 5.45. The van der Waals surface area contributed by atoms with E-state index >= 15 is 0 Å². The van der Waals surface area contributed by atoms with Crippen LogP contribution < -0.4 is 14.8 Å². The normalized spacial score (nSPS) is 16.8. The summed E-state index contributed by atoms with van der Waals surface area (Å²) in [6.07, 6.45) is 0. The minimum atomic E-state index is 0.269. The third kappa shape index (κ3) is 2.57. The summed E-state index contributed by atoms with van der Waals surface area (Å²) >= 11 is 0. The fourth-order valence-electron chi connectivity index (χ4n) is 2.22. The van der Waals surface area contributed by atoms with Gasteiger partial charge in [-0.25, -0.2) is 0 Å². The number of aromatic nitrogens is 4. The molecule has 0 aliphatic carbocycles. The summed E-state index contributed by atoms with van der Waals surface area (Å²) in [6, 6.07) is 6.15. The zero-order valence-corrected chi connectivity index (χ0v) is 11.5. The molecule has 20 heavy (non-hydrogen) atoms. The second kappa shape index (κ2) is 5.46. The van der Waals surface area contributed by atoms with Crippen molar-refractivity contribution in [2.45, 2.75) is 19.6 Å². The maximum absolute atomic E-state index is 5.67. The number of hydrogen-bond donors (Lipinski definition) is 1. The zero-order chi connectivity index (χ0) is 13.9. The lowest BCUT2D eigenvalue weighted by atomic mass is 10.1. The van der Waals surface area contributed by atoms with Crippen molar-refractivity contribution in [2.24, 2.45) is 7.05 Å². The first kappa shape index (κ1) is 12.9. The van der Waals surface area contributed by atoms with Crippen molar-refractivity contribution in [1.29, 1.82) is 0 Å². The molecule has 7 nitrogen and oxygen atoms in total. The molecule has 1 unspecified atom stereocenters. The first-order valence-electron chi connectivity index (χ1n) is 6.62. The first-order chi connectivity index (χ1) is 9.76. The molecule has 2 heterocycles. The number of hydrogen-bond acceptors (Lipinski definition) is 6. The fraction of sp³-hybridized carbons (Fsp3) is 0.462. The number of tetrazole rings is 1. The van der Waals surface area contributed by atoms with Gasteiger partial charge in [0.25, 0.3) is 0 Å². The van der Waals surface area contributed by atoms with Gasteiger partial charge in [-0.1, -0.05) is 6.92 Å². The second-order valence-corrected chi connectivity index (χ2v) is 4.60. The topological polar surface area (TPSA) is 74.1 Å². The molecule has 0 amide bonds. The third-order valence-electron chi connectivity index (χ3n) is 3.13. The lowest BCUT2D eigenvalue weighted by Gasteiger charge is -2.09. The van der Waals surface area contributed by atoms with Crippen LogP contribution >= 0.6 is 0 Å². The van der Waals surface area contributed by atoms with E-state index in [1.807, 2.05) is 18.2 Å². The Morgan fingerprint density at radius 2 is 2.40 bits per heavy atom. The Hall–Kier alpha value is -2.15. The maximum atomic E-state index is 5.67. The Labute approximate surface area is 116 Å². The number of nitrogens with zero attached hydrogens (tertiary/aromatic N) is 4. The Balaban J connectivity index is 1.67. The van der Waals surface area contributed by atoms with Crippen molar-refractivity contribution in [3.8, 4) is 11.5 Å². The largest absolute Gasteiger partial charge is 0.491 e. The molecule has 1 aliphatic rings. The van der Waals surface area contributed by atoms with Crippen molar-refractivity contribution in [1.82, 2.24) is 25.5 Å². The average molecular weight is 275 g/mol. The highest BCUT2D eigenvalue weighted by Crippen LogP contribution is 2.35. The van der Waals surface area contributed by atoms with Crippen molar-refractivity contribution in [2.75, 3.05) is 13.2 Å². The summed E-state index contributed by atoms with van der Waals surface area (Å²) in [5, 5.41) is 15.1. The molecular formula is C13H17N5O2. The molecule has 106 valence electrons. The van der Waals surface area contributed by atoms with Crippen LogP contribution in [0.3, 0.4) is 0 Å². The van der Waals surface area contributed by atoms with E-state index in [2.05, 4.69) is 27.7 Å². The monoisotopic (exact) mass is 275 g/mol. The van der Waals surface area contributed by atoms with E-state index in [9.17, 15) is 0 Å². The maximum Gasteiger partial charge on any atom is 0.212 e. The van der Waals surface area contributed by atoms with E-state index in [-0.39, 0.29) is 6.04 Å². The molecule has 0 saturated heterocycles. The van der Waals surface area contributed by atoms with Crippen molar-refractivity contribution < 1.29 is 9.47 Å². The molecule has 0 bridgehead atoms. The molecule has 0 radical (unpaired) electrons. The van der Waals surface area contributed by atoms with Gasteiger partial charge < -0.3 is 14.8 Å². The van der Waals surface area contributed by atoms with E-state index in [1.165, 1.54) is 10.4 Å². The fourth-order valence-corrected chi connectivity index (χ4v) is 2.22. The number of benzene rings is 1. The molecule has 1 N–H and O–H groups in total.